The highest BCUT2D eigenvalue weighted by molar-refractivity contribution is 6.33. The van der Waals surface area contributed by atoms with E-state index in [0.717, 1.165) is 0 Å². The quantitative estimate of drug-likeness (QED) is 0.476. The predicted molar refractivity (Wildman–Crippen MR) is 68.7 cm³/mol. The van der Waals surface area contributed by atoms with Crippen molar-refractivity contribution in [3.8, 4) is 0 Å². The Morgan fingerprint density at radius 2 is 2.22 bits per heavy atom. The van der Waals surface area contributed by atoms with Crippen molar-refractivity contribution in [3.05, 3.63) is 39.0 Å². The molecule has 5 nitrogen and oxygen atoms in total. The molecular weight excluding hydrogens is 258 g/mol. The summed E-state index contributed by atoms with van der Waals surface area (Å²) >= 11 is 5.98. The SMILES string of the molecule is CCOC=Cc1cc(=O)n(C)c(Cl)c1C(=O)OC. The van der Waals surface area contributed by atoms with Crippen molar-refractivity contribution >= 4 is 23.6 Å². The molecule has 0 aromatic carbocycles. The van der Waals surface area contributed by atoms with Gasteiger partial charge in [0.05, 0.1) is 20.0 Å². The molecule has 1 heterocycles. The van der Waals surface area contributed by atoms with Gasteiger partial charge in [0, 0.05) is 18.7 Å². The molecule has 0 unspecified atom stereocenters. The second kappa shape index (κ2) is 6.26. The average Bonchev–Trinajstić information content (AvgIpc) is 2.36. The molecule has 0 bridgehead atoms. The highest BCUT2D eigenvalue weighted by Gasteiger charge is 2.18. The number of ether oxygens (including phenoxy) is 2. The van der Waals surface area contributed by atoms with Crippen LogP contribution in [0.2, 0.25) is 5.15 Å². The van der Waals surface area contributed by atoms with E-state index in [1.165, 1.54) is 37.1 Å². The van der Waals surface area contributed by atoms with E-state index in [4.69, 9.17) is 16.3 Å². The summed E-state index contributed by atoms with van der Waals surface area (Å²) in [5, 5.41) is 0.0329. The van der Waals surface area contributed by atoms with Gasteiger partial charge in [0.15, 0.2) is 0 Å². The van der Waals surface area contributed by atoms with Crippen molar-refractivity contribution in [3.63, 3.8) is 0 Å². The first kappa shape index (κ1) is 14.3. The molecule has 0 atom stereocenters. The van der Waals surface area contributed by atoms with Crippen LogP contribution in [0.5, 0.6) is 0 Å². The second-order valence-electron chi connectivity index (χ2n) is 3.41. The van der Waals surface area contributed by atoms with Crippen LogP contribution < -0.4 is 5.56 Å². The minimum atomic E-state index is -0.605. The van der Waals surface area contributed by atoms with E-state index in [0.29, 0.717) is 12.2 Å². The van der Waals surface area contributed by atoms with Gasteiger partial charge in [-0.2, -0.15) is 0 Å². The molecule has 0 spiro atoms. The zero-order valence-corrected chi connectivity index (χ0v) is 11.2. The van der Waals surface area contributed by atoms with Crippen molar-refractivity contribution < 1.29 is 14.3 Å². The van der Waals surface area contributed by atoms with Crippen molar-refractivity contribution in [2.24, 2.45) is 7.05 Å². The highest BCUT2D eigenvalue weighted by Crippen LogP contribution is 2.19. The number of halogens is 1. The molecule has 1 aromatic heterocycles. The molecular formula is C12H14ClNO4. The lowest BCUT2D eigenvalue weighted by atomic mass is 10.1. The van der Waals surface area contributed by atoms with Crippen molar-refractivity contribution in [1.29, 1.82) is 0 Å². The number of aromatic nitrogens is 1. The number of pyridine rings is 1. The Bertz CT molecular complexity index is 534. The molecule has 0 radical (unpaired) electrons. The van der Waals surface area contributed by atoms with Gasteiger partial charge in [0.2, 0.25) is 0 Å². The smallest absolute Gasteiger partial charge is 0.341 e. The van der Waals surface area contributed by atoms with Gasteiger partial charge in [-0.15, -0.1) is 0 Å². The second-order valence-corrected chi connectivity index (χ2v) is 3.77. The molecule has 0 fully saturated rings. The van der Waals surface area contributed by atoms with Crippen LogP contribution in [0, 0.1) is 0 Å². The normalized spacial score (nSPS) is 10.7. The maximum atomic E-state index is 11.7. The third-order valence-electron chi connectivity index (χ3n) is 2.30. The van der Waals surface area contributed by atoms with Gasteiger partial charge in [-0.1, -0.05) is 11.6 Å². The van der Waals surface area contributed by atoms with E-state index in [1.54, 1.807) is 0 Å². The van der Waals surface area contributed by atoms with E-state index in [9.17, 15) is 9.59 Å². The molecule has 0 aliphatic rings. The highest BCUT2D eigenvalue weighted by atomic mass is 35.5. The van der Waals surface area contributed by atoms with E-state index < -0.39 is 5.97 Å². The Morgan fingerprint density at radius 1 is 1.56 bits per heavy atom. The van der Waals surface area contributed by atoms with Crippen molar-refractivity contribution in [2.45, 2.75) is 6.92 Å². The molecule has 0 saturated carbocycles. The van der Waals surface area contributed by atoms with Gasteiger partial charge >= 0.3 is 5.97 Å². The zero-order chi connectivity index (χ0) is 13.7. The summed E-state index contributed by atoms with van der Waals surface area (Å²) in [6.45, 7) is 2.31. The number of hydrogen-bond acceptors (Lipinski definition) is 4. The summed E-state index contributed by atoms with van der Waals surface area (Å²) in [4.78, 5) is 23.3. The fourth-order valence-corrected chi connectivity index (χ4v) is 1.61. The van der Waals surface area contributed by atoms with Crippen molar-refractivity contribution in [2.75, 3.05) is 13.7 Å². The number of nitrogens with zero attached hydrogens (tertiary/aromatic N) is 1. The van der Waals surface area contributed by atoms with Gasteiger partial charge in [0.25, 0.3) is 5.56 Å². The molecule has 1 rings (SSSR count). The summed E-state index contributed by atoms with van der Waals surface area (Å²) in [5.41, 5.74) is 0.185. The van der Waals surface area contributed by atoms with Crippen LogP contribution in [0.4, 0.5) is 0 Å². The Balaban J connectivity index is 3.39. The molecule has 1 aromatic rings. The molecule has 98 valence electrons. The van der Waals surface area contributed by atoms with Gasteiger partial charge in [0.1, 0.15) is 10.7 Å². The Labute approximate surface area is 110 Å². The maximum absolute atomic E-state index is 11.7. The number of carbonyl (C=O) groups excluding carboxylic acids is 1. The number of esters is 1. The molecule has 0 N–H and O–H groups in total. The summed E-state index contributed by atoms with van der Waals surface area (Å²) in [7, 11) is 2.73. The van der Waals surface area contributed by atoms with Gasteiger partial charge in [-0.25, -0.2) is 4.79 Å². The average molecular weight is 272 g/mol. The Kier molecular flexibility index (Phi) is 4.97. The van der Waals surface area contributed by atoms with Crippen LogP contribution in [0.3, 0.4) is 0 Å². The summed E-state index contributed by atoms with van der Waals surface area (Å²) in [5.74, 6) is -0.605. The fraction of sp³-hybridized carbons (Fsp3) is 0.333. The third-order valence-corrected chi connectivity index (χ3v) is 2.74. The van der Waals surface area contributed by atoms with E-state index >= 15 is 0 Å². The van der Waals surface area contributed by atoms with Crippen molar-refractivity contribution in [1.82, 2.24) is 4.57 Å². The largest absolute Gasteiger partial charge is 0.501 e. The van der Waals surface area contributed by atoms with E-state index in [2.05, 4.69) is 4.74 Å². The zero-order valence-electron chi connectivity index (χ0n) is 10.4. The van der Waals surface area contributed by atoms with E-state index in [1.807, 2.05) is 6.92 Å². The Hall–Kier alpha value is -1.75. The first-order valence-electron chi connectivity index (χ1n) is 5.28. The number of rotatable bonds is 4. The number of hydrogen-bond donors (Lipinski definition) is 0. The molecule has 6 heteroatoms. The van der Waals surface area contributed by atoms with Crippen LogP contribution in [-0.2, 0) is 16.5 Å². The van der Waals surface area contributed by atoms with Crippen LogP contribution in [0.15, 0.2) is 17.1 Å². The molecule has 0 amide bonds. The lowest BCUT2D eigenvalue weighted by Gasteiger charge is -2.09. The van der Waals surface area contributed by atoms with E-state index in [-0.39, 0.29) is 16.3 Å². The van der Waals surface area contributed by atoms with Crippen LogP contribution in [0.1, 0.15) is 22.8 Å². The lowest BCUT2D eigenvalue weighted by Crippen LogP contribution is -2.21. The summed E-state index contributed by atoms with van der Waals surface area (Å²) < 4.78 is 10.8. The minimum Gasteiger partial charge on any atom is -0.501 e. The molecule has 0 aliphatic carbocycles. The topological polar surface area (TPSA) is 57.5 Å². The van der Waals surface area contributed by atoms with Gasteiger partial charge in [-0.3, -0.25) is 4.79 Å². The van der Waals surface area contributed by atoms with Crippen LogP contribution >= 0.6 is 11.6 Å². The van der Waals surface area contributed by atoms with Crippen LogP contribution in [0.25, 0.3) is 6.08 Å². The standard InChI is InChI=1S/C12H14ClNO4/c1-4-18-6-5-8-7-9(15)14(2)11(13)10(8)12(16)17-3/h5-7H,4H2,1-3H3. The van der Waals surface area contributed by atoms with Gasteiger partial charge in [-0.05, 0) is 13.0 Å². The number of carbonyl (C=O) groups is 1. The van der Waals surface area contributed by atoms with Gasteiger partial charge < -0.3 is 14.0 Å². The summed E-state index contributed by atoms with van der Waals surface area (Å²) in [6.07, 6.45) is 2.90. The molecule has 0 aliphatic heterocycles. The third kappa shape index (κ3) is 2.92. The predicted octanol–water partition coefficient (Wildman–Crippen LogP) is 1.83. The minimum absolute atomic E-state index is 0.0329. The summed E-state index contributed by atoms with van der Waals surface area (Å²) in [6, 6.07) is 1.30. The monoisotopic (exact) mass is 271 g/mol. The van der Waals surface area contributed by atoms with Crippen LogP contribution in [-0.4, -0.2) is 24.3 Å². The first-order chi connectivity index (χ1) is 8.52. The maximum Gasteiger partial charge on any atom is 0.341 e. The lowest BCUT2D eigenvalue weighted by molar-refractivity contribution is 0.0599. The number of methoxy groups -OCH3 is 1. The molecule has 0 saturated heterocycles. The Morgan fingerprint density at radius 3 is 2.78 bits per heavy atom. The first-order valence-corrected chi connectivity index (χ1v) is 5.66. The fourth-order valence-electron chi connectivity index (χ4n) is 1.34. The molecule has 18 heavy (non-hydrogen) atoms.